The molecule has 0 bridgehead atoms. The van der Waals surface area contributed by atoms with E-state index < -0.39 is 0 Å². The van der Waals surface area contributed by atoms with Crippen molar-refractivity contribution in [2.24, 2.45) is 0 Å². The summed E-state index contributed by atoms with van der Waals surface area (Å²) < 4.78 is 0. The van der Waals surface area contributed by atoms with Crippen molar-refractivity contribution in [2.45, 2.75) is 19.8 Å². The van der Waals surface area contributed by atoms with E-state index in [-0.39, 0.29) is 0 Å². The number of rotatable bonds is 5. The first-order valence-corrected chi connectivity index (χ1v) is 5.35. The van der Waals surface area contributed by atoms with Gasteiger partial charge in [0.05, 0.1) is 6.20 Å². The summed E-state index contributed by atoms with van der Waals surface area (Å²) in [6.07, 6.45) is 7.25. The molecule has 2 N–H and O–H groups in total. The van der Waals surface area contributed by atoms with E-state index in [0.717, 1.165) is 30.9 Å². The number of hydrogen-bond acceptors (Lipinski definition) is 4. The van der Waals surface area contributed by atoms with E-state index in [2.05, 4.69) is 25.5 Å². The third-order valence-electron chi connectivity index (χ3n) is 2.45. The van der Waals surface area contributed by atoms with Gasteiger partial charge in [0.2, 0.25) is 0 Å². The molecule has 2 rings (SSSR count). The van der Waals surface area contributed by atoms with E-state index in [0.29, 0.717) is 0 Å². The number of anilines is 1. The first-order chi connectivity index (χ1) is 7.86. The molecule has 2 aromatic heterocycles. The van der Waals surface area contributed by atoms with Crippen molar-refractivity contribution in [3.05, 3.63) is 36.0 Å². The van der Waals surface area contributed by atoms with Crippen molar-refractivity contribution in [2.75, 3.05) is 11.9 Å². The Hall–Kier alpha value is -1.91. The average molecular weight is 217 g/mol. The number of H-pyrrole nitrogens is 1. The van der Waals surface area contributed by atoms with Crippen molar-refractivity contribution < 1.29 is 0 Å². The molecule has 0 unspecified atom stereocenters. The van der Waals surface area contributed by atoms with Crippen LogP contribution in [0.3, 0.4) is 0 Å². The lowest BCUT2D eigenvalue weighted by Gasteiger charge is -2.04. The number of hydrogen-bond donors (Lipinski definition) is 2. The van der Waals surface area contributed by atoms with Gasteiger partial charge in [0, 0.05) is 18.4 Å². The third-order valence-corrected chi connectivity index (χ3v) is 2.45. The first kappa shape index (κ1) is 10.6. The molecule has 0 saturated carbocycles. The molecule has 0 aliphatic heterocycles. The lowest BCUT2D eigenvalue weighted by atomic mass is 10.1. The van der Waals surface area contributed by atoms with Crippen molar-refractivity contribution in [3.63, 3.8) is 0 Å². The van der Waals surface area contributed by atoms with Gasteiger partial charge in [0.25, 0.3) is 0 Å². The zero-order chi connectivity index (χ0) is 11.2. The van der Waals surface area contributed by atoms with Crippen molar-refractivity contribution in [1.29, 1.82) is 0 Å². The Morgan fingerprint density at radius 3 is 3.06 bits per heavy atom. The van der Waals surface area contributed by atoms with Crippen LogP contribution in [-0.4, -0.2) is 26.7 Å². The first-order valence-electron chi connectivity index (χ1n) is 5.35. The summed E-state index contributed by atoms with van der Waals surface area (Å²) in [4.78, 5) is 7.95. The minimum atomic E-state index is 0.874. The van der Waals surface area contributed by atoms with E-state index in [1.54, 1.807) is 12.5 Å². The van der Waals surface area contributed by atoms with Crippen molar-refractivity contribution in [3.8, 4) is 0 Å². The SMILES string of the molecule is Cc1[nH]ncc1CCCNc1ccncn1. The standard InChI is InChI=1S/C11H15N5/c1-9-10(7-15-16-9)3-2-5-13-11-4-6-12-8-14-11/h4,6-8H,2-3,5H2,1H3,(H,15,16)(H,12,13,14). The summed E-state index contributed by atoms with van der Waals surface area (Å²) in [5.74, 6) is 0.874. The lowest BCUT2D eigenvalue weighted by molar-refractivity contribution is 0.852. The Balaban J connectivity index is 1.72. The van der Waals surface area contributed by atoms with Gasteiger partial charge in [-0.1, -0.05) is 0 Å². The van der Waals surface area contributed by atoms with Crippen LogP contribution in [0.25, 0.3) is 0 Å². The van der Waals surface area contributed by atoms with Crippen molar-refractivity contribution in [1.82, 2.24) is 20.2 Å². The largest absolute Gasteiger partial charge is 0.370 e. The Bertz CT molecular complexity index is 423. The predicted octanol–water partition coefficient (Wildman–Crippen LogP) is 1.55. The molecule has 5 heteroatoms. The Morgan fingerprint density at radius 2 is 2.38 bits per heavy atom. The van der Waals surface area contributed by atoms with Crippen LogP contribution in [0, 0.1) is 6.92 Å². The van der Waals surface area contributed by atoms with E-state index in [1.807, 2.05) is 19.2 Å². The average Bonchev–Trinajstić information content (AvgIpc) is 2.72. The highest BCUT2D eigenvalue weighted by molar-refractivity contribution is 5.31. The molecule has 0 aliphatic rings. The number of aromatic nitrogens is 4. The Kier molecular flexibility index (Phi) is 3.48. The molecule has 0 saturated heterocycles. The van der Waals surface area contributed by atoms with Gasteiger partial charge in [-0.2, -0.15) is 5.10 Å². The maximum absolute atomic E-state index is 4.09. The molecule has 0 spiro atoms. The van der Waals surface area contributed by atoms with Crippen LogP contribution in [0.5, 0.6) is 0 Å². The maximum Gasteiger partial charge on any atom is 0.129 e. The summed E-state index contributed by atoms with van der Waals surface area (Å²) >= 11 is 0. The molecule has 0 aliphatic carbocycles. The number of aryl methyl sites for hydroxylation is 2. The molecule has 2 aromatic rings. The Morgan fingerprint density at radius 1 is 1.44 bits per heavy atom. The minimum Gasteiger partial charge on any atom is -0.370 e. The zero-order valence-corrected chi connectivity index (χ0v) is 9.27. The normalized spacial score (nSPS) is 10.3. The van der Waals surface area contributed by atoms with Gasteiger partial charge in [-0.3, -0.25) is 5.10 Å². The molecule has 84 valence electrons. The highest BCUT2D eigenvalue weighted by Crippen LogP contribution is 2.06. The van der Waals surface area contributed by atoms with Crippen LogP contribution in [0.15, 0.2) is 24.8 Å². The minimum absolute atomic E-state index is 0.874. The van der Waals surface area contributed by atoms with Gasteiger partial charge in [-0.15, -0.1) is 0 Å². The summed E-state index contributed by atoms with van der Waals surface area (Å²) in [7, 11) is 0. The maximum atomic E-state index is 4.09. The van der Waals surface area contributed by atoms with Gasteiger partial charge < -0.3 is 5.32 Å². The second-order valence-electron chi connectivity index (χ2n) is 3.65. The number of nitrogens with zero attached hydrogens (tertiary/aromatic N) is 3. The molecule has 2 heterocycles. The van der Waals surface area contributed by atoms with Gasteiger partial charge in [0.15, 0.2) is 0 Å². The number of aromatic amines is 1. The van der Waals surface area contributed by atoms with E-state index in [9.17, 15) is 0 Å². The molecule has 0 radical (unpaired) electrons. The second kappa shape index (κ2) is 5.25. The van der Waals surface area contributed by atoms with Gasteiger partial charge in [0.1, 0.15) is 12.1 Å². The summed E-state index contributed by atoms with van der Waals surface area (Å²) in [6.45, 7) is 2.95. The smallest absolute Gasteiger partial charge is 0.129 e. The molecule has 5 nitrogen and oxygen atoms in total. The van der Waals surface area contributed by atoms with Crippen LogP contribution in [0.4, 0.5) is 5.82 Å². The fourth-order valence-corrected chi connectivity index (χ4v) is 1.52. The molecule has 0 aromatic carbocycles. The van der Waals surface area contributed by atoms with E-state index in [1.165, 1.54) is 5.56 Å². The Labute approximate surface area is 94.3 Å². The molecule has 0 atom stereocenters. The van der Waals surface area contributed by atoms with Crippen LogP contribution in [-0.2, 0) is 6.42 Å². The second-order valence-corrected chi connectivity index (χ2v) is 3.65. The predicted molar refractivity (Wildman–Crippen MR) is 62.2 cm³/mol. The third kappa shape index (κ3) is 2.79. The summed E-state index contributed by atoms with van der Waals surface area (Å²) in [5.41, 5.74) is 2.44. The molecule has 0 amide bonds. The molecular weight excluding hydrogens is 202 g/mol. The van der Waals surface area contributed by atoms with Gasteiger partial charge >= 0.3 is 0 Å². The summed E-state index contributed by atoms with van der Waals surface area (Å²) in [5, 5.41) is 10.2. The van der Waals surface area contributed by atoms with Crippen LogP contribution in [0.2, 0.25) is 0 Å². The topological polar surface area (TPSA) is 66.5 Å². The van der Waals surface area contributed by atoms with Crippen molar-refractivity contribution >= 4 is 5.82 Å². The highest BCUT2D eigenvalue weighted by Gasteiger charge is 1.99. The fraction of sp³-hybridized carbons (Fsp3) is 0.364. The van der Waals surface area contributed by atoms with Crippen LogP contribution in [0.1, 0.15) is 17.7 Å². The fourth-order valence-electron chi connectivity index (χ4n) is 1.52. The lowest BCUT2D eigenvalue weighted by Crippen LogP contribution is -2.04. The van der Waals surface area contributed by atoms with E-state index >= 15 is 0 Å². The summed E-state index contributed by atoms with van der Waals surface area (Å²) in [6, 6.07) is 1.86. The number of nitrogens with one attached hydrogen (secondary N) is 2. The van der Waals surface area contributed by atoms with Gasteiger partial charge in [-0.25, -0.2) is 9.97 Å². The zero-order valence-electron chi connectivity index (χ0n) is 9.27. The monoisotopic (exact) mass is 217 g/mol. The van der Waals surface area contributed by atoms with Gasteiger partial charge in [-0.05, 0) is 31.4 Å². The van der Waals surface area contributed by atoms with Crippen LogP contribution < -0.4 is 5.32 Å². The highest BCUT2D eigenvalue weighted by atomic mass is 15.1. The van der Waals surface area contributed by atoms with E-state index in [4.69, 9.17) is 0 Å². The molecule has 16 heavy (non-hydrogen) atoms. The molecular formula is C11H15N5. The van der Waals surface area contributed by atoms with Crippen LogP contribution >= 0.6 is 0 Å². The quantitative estimate of drug-likeness (QED) is 0.746. The molecule has 0 fully saturated rings.